The molecule has 0 saturated carbocycles. The summed E-state index contributed by atoms with van der Waals surface area (Å²) < 4.78 is 3.87. The second-order valence-corrected chi connectivity index (χ2v) is 8.61. The van der Waals surface area contributed by atoms with E-state index in [0.717, 1.165) is 28.5 Å². The van der Waals surface area contributed by atoms with E-state index in [1.54, 1.807) is 30.3 Å². The molecule has 0 radical (unpaired) electrons. The minimum atomic E-state index is -0.126. The Morgan fingerprint density at radius 2 is 1.15 bits per heavy atom. The molecule has 166 valence electrons. The number of carbonyl (C=O) groups excluding carboxylic acids is 2. The van der Waals surface area contributed by atoms with Gasteiger partial charge in [-0.1, -0.05) is 24.3 Å². The number of hydrogen-bond acceptors (Lipinski definition) is 5. The van der Waals surface area contributed by atoms with Gasteiger partial charge in [0.05, 0.1) is 11.4 Å². The summed E-state index contributed by atoms with van der Waals surface area (Å²) in [5.74, 6) is -0.241. The lowest BCUT2D eigenvalue weighted by Crippen LogP contribution is -2.31. The molecular weight excluding hydrogens is 414 g/mol. The fraction of sp³-hybridized carbons (Fsp3) is 0.231. The number of aromatic nitrogens is 4. The van der Waals surface area contributed by atoms with Crippen LogP contribution in [0.25, 0.3) is 0 Å². The first kappa shape index (κ1) is 20.9. The van der Waals surface area contributed by atoms with Crippen LogP contribution < -0.4 is 4.90 Å². The van der Waals surface area contributed by atoms with Crippen molar-refractivity contribution in [3.8, 4) is 0 Å². The smallest absolute Gasteiger partial charge is 0.194 e. The first-order chi connectivity index (χ1) is 15.8. The van der Waals surface area contributed by atoms with Crippen LogP contribution in [-0.2, 0) is 13.3 Å². The molecule has 1 aliphatic carbocycles. The number of nitrogens with zero attached hydrogens (tertiary/aromatic N) is 5. The highest BCUT2D eigenvalue weighted by Crippen LogP contribution is 2.30. The zero-order valence-electron chi connectivity index (χ0n) is 19.2. The monoisotopic (exact) mass is 439 g/mol. The normalized spacial score (nSPS) is 12.6. The Labute approximate surface area is 192 Å². The molecule has 33 heavy (non-hydrogen) atoms. The van der Waals surface area contributed by atoms with E-state index in [2.05, 4.69) is 15.1 Å². The Bertz CT molecular complexity index is 1360. The van der Waals surface area contributed by atoms with Crippen LogP contribution in [0.15, 0.2) is 54.6 Å². The molecule has 4 aromatic rings. The average molecular weight is 440 g/mol. The summed E-state index contributed by atoms with van der Waals surface area (Å²) in [6.07, 6.45) is 0. The summed E-state index contributed by atoms with van der Waals surface area (Å²) in [6, 6.07) is 16.6. The van der Waals surface area contributed by atoms with Gasteiger partial charge in [-0.25, -0.2) is 9.36 Å². The Morgan fingerprint density at radius 1 is 0.667 bits per heavy atom. The maximum atomic E-state index is 13.3. The van der Waals surface area contributed by atoms with Crippen molar-refractivity contribution in [1.29, 1.82) is 0 Å². The van der Waals surface area contributed by atoms with Crippen molar-refractivity contribution in [2.24, 2.45) is 0 Å². The lowest BCUT2D eigenvalue weighted by molar-refractivity contribution is 0.0979. The van der Waals surface area contributed by atoms with Gasteiger partial charge in [0.25, 0.3) is 0 Å². The molecule has 0 aliphatic heterocycles. The molecule has 2 heterocycles. The number of rotatable bonds is 5. The van der Waals surface area contributed by atoms with Crippen molar-refractivity contribution in [3.63, 3.8) is 0 Å². The Morgan fingerprint density at radius 3 is 1.64 bits per heavy atom. The lowest BCUT2D eigenvalue weighted by atomic mass is 9.84. The molecule has 0 unspecified atom stereocenters. The Hall–Kier alpha value is -4.00. The van der Waals surface area contributed by atoms with Gasteiger partial charge < -0.3 is 4.90 Å². The maximum absolute atomic E-state index is 13.3. The molecule has 0 fully saturated rings. The van der Waals surface area contributed by atoms with Crippen molar-refractivity contribution >= 4 is 17.3 Å². The zero-order chi connectivity index (χ0) is 23.3. The SMILES string of the molecule is Cc1cc(C)n(CN(Cn2nc(C)cc2C)c2ccc3c(c2)C(=O)c2ccccc2C3=O)n1. The van der Waals surface area contributed by atoms with Crippen LogP contribution in [0.3, 0.4) is 0 Å². The second-order valence-electron chi connectivity index (χ2n) is 8.61. The van der Waals surface area contributed by atoms with Gasteiger partial charge >= 0.3 is 0 Å². The van der Waals surface area contributed by atoms with Gasteiger partial charge in [0.1, 0.15) is 13.3 Å². The molecule has 0 saturated heterocycles. The lowest BCUT2D eigenvalue weighted by Gasteiger charge is -2.27. The van der Waals surface area contributed by atoms with E-state index < -0.39 is 0 Å². The predicted molar refractivity (Wildman–Crippen MR) is 126 cm³/mol. The summed E-state index contributed by atoms with van der Waals surface area (Å²) in [6.45, 7) is 8.94. The number of benzene rings is 2. The maximum Gasteiger partial charge on any atom is 0.194 e. The standard InChI is InChI=1S/C26H25N5O2/c1-16-11-18(3)30(27-16)14-29(15-31-19(4)12-17(2)28-31)20-9-10-23-24(13-20)26(33)22-8-6-5-7-21(22)25(23)32/h5-13H,14-15H2,1-4H3. The summed E-state index contributed by atoms with van der Waals surface area (Å²) in [4.78, 5) is 28.4. The summed E-state index contributed by atoms with van der Waals surface area (Å²) in [7, 11) is 0. The number of anilines is 1. The van der Waals surface area contributed by atoms with Crippen LogP contribution >= 0.6 is 0 Å². The van der Waals surface area contributed by atoms with Gasteiger partial charge in [-0.3, -0.25) is 9.59 Å². The Balaban J connectivity index is 1.57. The average Bonchev–Trinajstić information content (AvgIpc) is 3.29. The quantitative estimate of drug-likeness (QED) is 0.410. The summed E-state index contributed by atoms with van der Waals surface area (Å²) in [5.41, 5.74) is 6.61. The first-order valence-electron chi connectivity index (χ1n) is 10.9. The number of aryl methyl sites for hydroxylation is 4. The van der Waals surface area contributed by atoms with Gasteiger partial charge in [-0.15, -0.1) is 0 Å². The highest BCUT2D eigenvalue weighted by molar-refractivity contribution is 6.28. The number of fused-ring (bicyclic) bond motifs is 2. The highest BCUT2D eigenvalue weighted by atomic mass is 16.1. The van der Waals surface area contributed by atoms with Gasteiger partial charge in [0.15, 0.2) is 11.6 Å². The first-order valence-corrected chi connectivity index (χ1v) is 10.9. The van der Waals surface area contributed by atoms with Crippen molar-refractivity contribution in [2.45, 2.75) is 41.0 Å². The van der Waals surface area contributed by atoms with Crippen LogP contribution in [-0.4, -0.2) is 31.1 Å². The van der Waals surface area contributed by atoms with Crippen molar-refractivity contribution in [2.75, 3.05) is 4.90 Å². The minimum Gasteiger partial charge on any atom is -0.332 e. The third kappa shape index (κ3) is 3.65. The molecular formula is C26H25N5O2. The zero-order valence-corrected chi connectivity index (χ0v) is 19.2. The van der Waals surface area contributed by atoms with E-state index in [0.29, 0.717) is 35.6 Å². The largest absolute Gasteiger partial charge is 0.332 e. The molecule has 2 aromatic heterocycles. The van der Waals surface area contributed by atoms with E-state index in [1.807, 2.05) is 61.3 Å². The van der Waals surface area contributed by atoms with E-state index >= 15 is 0 Å². The van der Waals surface area contributed by atoms with Crippen LogP contribution in [0.5, 0.6) is 0 Å². The van der Waals surface area contributed by atoms with Gasteiger partial charge in [-0.2, -0.15) is 10.2 Å². The minimum absolute atomic E-state index is 0.115. The van der Waals surface area contributed by atoms with Gasteiger partial charge in [0, 0.05) is 39.3 Å². The fourth-order valence-corrected chi connectivity index (χ4v) is 4.45. The molecule has 0 atom stereocenters. The van der Waals surface area contributed by atoms with Crippen LogP contribution in [0.2, 0.25) is 0 Å². The fourth-order valence-electron chi connectivity index (χ4n) is 4.45. The van der Waals surface area contributed by atoms with E-state index in [9.17, 15) is 9.59 Å². The van der Waals surface area contributed by atoms with Crippen molar-refractivity contribution in [1.82, 2.24) is 19.6 Å². The predicted octanol–water partition coefficient (Wildman–Crippen LogP) is 4.21. The van der Waals surface area contributed by atoms with E-state index in [-0.39, 0.29) is 11.6 Å². The number of ketones is 2. The number of hydrogen-bond donors (Lipinski definition) is 0. The second kappa shape index (κ2) is 7.85. The molecule has 7 heteroatoms. The highest BCUT2D eigenvalue weighted by Gasteiger charge is 2.30. The molecule has 0 N–H and O–H groups in total. The molecule has 0 amide bonds. The topological polar surface area (TPSA) is 73.0 Å². The van der Waals surface area contributed by atoms with Crippen molar-refractivity contribution < 1.29 is 9.59 Å². The van der Waals surface area contributed by atoms with Crippen molar-refractivity contribution in [3.05, 3.63) is 99.6 Å². The van der Waals surface area contributed by atoms with Crippen LogP contribution in [0.4, 0.5) is 5.69 Å². The molecule has 0 spiro atoms. The number of carbonyl (C=O) groups is 2. The van der Waals surface area contributed by atoms with Crippen LogP contribution in [0.1, 0.15) is 54.6 Å². The van der Waals surface area contributed by atoms with Crippen LogP contribution in [0, 0.1) is 27.7 Å². The van der Waals surface area contributed by atoms with Gasteiger partial charge in [0.2, 0.25) is 0 Å². The molecule has 0 bridgehead atoms. The molecule has 7 nitrogen and oxygen atoms in total. The molecule has 5 rings (SSSR count). The van der Waals surface area contributed by atoms with E-state index in [1.165, 1.54) is 0 Å². The molecule has 1 aliphatic rings. The third-order valence-electron chi connectivity index (χ3n) is 6.09. The Kier molecular flexibility index (Phi) is 4.96. The van der Waals surface area contributed by atoms with E-state index in [4.69, 9.17) is 0 Å². The molecule has 2 aromatic carbocycles. The van der Waals surface area contributed by atoms with Gasteiger partial charge in [-0.05, 0) is 58.0 Å². The summed E-state index contributed by atoms with van der Waals surface area (Å²) in [5, 5.41) is 9.23. The third-order valence-corrected chi connectivity index (χ3v) is 6.09. The summed E-state index contributed by atoms with van der Waals surface area (Å²) >= 11 is 0.